The first-order chi connectivity index (χ1) is 12.9. The number of cyclic esters (lactones) is 1. The Labute approximate surface area is 152 Å². The van der Waals surface area contributed by atoms with Crippen molar-refractivity contribution in [3.05, 3.63) is 91.7 Å². The van der Waals surface area contributed by atoms with E-state index in [1.807, 2.05) is 0 Å². The van der Waals surface area contributed by atoms with Crippen LogP contribution in [0, 0.1) is 20.2 Å². The van der Waals surface area contributed by atoms with E-state index in [2.05, 4.69) is 4.99 Å². The number of carbonyl (C=O) groups excluding carboxylic acids is 1. The summed E-state index contributed by atoms with van der Waals surface area (Å²) in [4.78, 5) is 36.2. The van der Waals surface area contributed by atoms with Gasteiger partial charge in [-0.15, -0.1) is 0 Å². The fourth-order valence-electron chi connectivity index (χ4n) is 2.22. The second-order valence-corrected chi connectivity index (χ2v) is 5.40. The fourth-order valence-corrected chi connectivity index (χ4v) is 2.22. The fraction of sp³-hybridized carbons (Fsp3) is 0. The van der Waals surface area contributed by atoms with Gasteiger partial charge in [-0.2, -0.15) is 0 Å². The Morgan fingerprint density at radius 1 is 0.815 bits per heavy atom. The zero-order chi connectivity index (χ0) is 19.4. The predicted octanol–water partition coefficient (Wildman–Crippen LogP) is 3.51. The van der Waals surface area contributed by atoms with Crippen LogP contribution in [-0.2, 0) is 9.53 Å². The third kappa shape index (κ3) is 4.28. The number of nitro groups is 2. The summed E-state index contributed by atoms with van der Waals surface area (Å²) in [5.74, 6) is -0.566. The molecule has 0 aromatic heterocycles. The molecule has 3 rings (SSSR count). The van der Waals surface area contributed by atoms with E-state index in [-0.39, 0.29) is 23.0 Å². The molecule has 0 radical (unpaired) electrons. The van der Waals surface area contributed by atoms with Crippen LogP contribution in [0.25, 0.3) is 12.2 Å². The third-order valence-electron chi connectivity index (χ3n) is 3.57. The van der Waals surface area contributed by atoms with Crippen molar-refractivity contribution in [1.29, 1.82) is 0 Å². The van der Waals surface area contributed by atoms with Crippen molar-refractivity contribution in [1.82, 2.24) is 0 Å². The summed E-state index contributed by atoms with van der Waals surface area (Å²) in [6.45, 7) is 0. The van der Waals surface area contributed by atoms with Gasteiger partial charge in [0.15, 0.2) is 5.70 Å². The van der Waals surface area contributed by atoms with E-state index in [1.54, 1.807) is 18.2 Å². The van der Waals surface area contributed by atoms with E-state index >= 15 is 0 Å². The maximum Gasteiger partial charge on any atom is 0.363 e. The smallest absolute Gasteiger partial charge is 0.363 e. The molecule has 0 N–H and O–H groups in total. The van der Waals surface area contributed by atoms with Crippen molar-refractivity contribution >= 4 is 35.4 Å². The van der Waals surface area contributed by atoms with E-state index < -0.39 is 15.8 Å². The van der Waals surface area contributed by atoms with Crippen molar-refractivity contribution in [3.8, 4) is 0 Å². The lowest BCUT2D eigenvalue weighted by molar-refractivity contribution is -0.385. The number of ether oxygens (including phenoxy) is 1. The number of esters is 1. The van der Waals surface area contributed by atoms with Crippen LogP contribution in [0.2, 0.25) is 0 Å². The van der Waals surface area contributed by atoms with Crippen LogP contribution in [0.3, 0.4) is 0 Å². The van der Waals surface area contributed by atoms with Crippen LogP contribution in [0.1, 0.15) is 11.1 Å². The van der Waals surface area contributed by atoms with Crippen LogP contribution in [0.15, 0.2) is 65.3 Å². The lowest BCUT2D eigenvalue weighted by Crippen LogP contribution is -2.01. The molecule has 1 heterocycles. The molecule has 2 aromatic carbocycles. The number of non-ortho nitro benzene ring substituents is 2. The first kappa shape index (κ1) is 17.7. The summed E-state index contributed by atoms with van der Waals surface area (Å²) in [5, 5.41) is 21.3. The molecule has 0 atom stereocenters. The standard InChI is InChI=1S/C18H11N3O6/c22-18-16(11-13-3-8-15(9-4-13)21(25)26)19-17(27-18)10-5-12-1-6-14(7-2-12)20(23)24/h1-11H. The Bertz CT molecular complexity index is 1000. The molecular formula is C18H11N3O6. The first-order valence-electron chi connectivity index (χ1n) is 7.62. The molecule has 1 aliphatic rings. The van der Waals surface area contributed by atoms with Crippen molar-refractivity contribution in [3.63, 3.8) is 0 Å². The molecule has 27 heavy (non-hydrogen) atoms. The lowest BCUT2D eigenvalue weighted by Gasteiger charge is -1.94. The highest BCUT2D eigenvalue weighted by molar-refractivity contribution is 6.11. The predicted molar refractivity (Wildman–Crippen MR) is 96.7 cm³/mol. The zero-order valence-corrected chi connectivity index (χ0v) is 13.6. The van der Waals surface area contributed by atoms with Gasteiger partial charge in [-0.1, -0.05) is 0 Å². The van der Waals surface area contributed by atoms with E-state index in [0.717, 1.165) is 0 Å². The number of aliphatic imine (C=N–C) groups is 1. The molecule has 9 heteroatoms. The highest BCUT2D eigenvalue weighted by Crippen LogP contribution is 2.19. The summed E-state index contributed by atoms with van der Waals surface area (Å²) >= 11 is 0. The van der Waals surface area contributed by atoms with Gasteiger partial charge in [-0.3, -0.25) is 20.2 Å². The number of nitrogens with zero attached hydrogens (tertiary/aromatic N) is 3. The van der Waals surface area contributed by atoms with E-state index in [4.69, 9.17) is 4.74 Å². The normalized spacial score (nSPS) is 15.0. The molecule has 0 fully saturated rings. The summed E-state index contributed by atoms with van der Waals surface area (Å²) in [7, 11) is 0. The maximum absolute atomic E-state index is 11.9. The second-order valence-electron chi connectivity index (χ2n) is 5.40. The van der Waals surface area contributed by atoms with Crippen LogP contribution in [0.5, 0.6) is 0 Å². The Morgan fingerprint density at radius 2 is 1.33 bits per heavy atom. The average molecular weight is 365 g/mol. The zero-order valence-electron chi connectivity index (χ0n) is 13.6. The van der Waals surface area contributed by atoms with Crippen molar-refractivity contribution in [2.45, 2.75) is 0 Å². The molecule has 0 unspecified atom stereocenters. The second kappa shape index (κ2) is 7.40. The van der Waals surface area contributed by atoms with Gasteiger partial charge in [0.2, 0.25) is 5.90 Å². The molecule has 134 valence electrons. The summed E-state index contributed by atoms with van der Waals surface area (Å²) in [6, 6.07) is 11.5. The van der Waals surface area contributed by atoms with E-state index in [0.29, 0.717) is 11.1 Å². The molecule has 0 spiro atoms. The van der Waals surface area contributed by atoms with Gasteiger partial charge in [0.25, 0.3) is 11.4 Å². The highest BCUT2D eigenvalue weighted by Gasteiger charge is 2.21. The molecule has 0 amide bonds. The number of hydrogen-bond acceptors (Lipinski definition) is 7. The topological polar surface area (TPSA) is 125 Å². The Balaban J connectivity index is 1.75. The van der Waals surface area contributed by atoms with Crippen LogP contribution in [-0.4, -0.2) is 21.7 Å². The van der Waals surface area contributed by atoms with Crippen LogP contribution in [0.4, 0.5) is 11.4 Å². The van der Waals surface area contributed by atoms with Gasteiger partial charge in [0.05, 0.1) is 9.85 Å². The Hall–Kier alpha value is -4.14. The highest BCUT2D eigenvalue weighted by atomic mass is 16.6. The van der Waals surface area contributed by atoms with E-state index in [9.17, 15) is 25.0 Å². The SMILES string of the molecule is O=C1OC(C=Cc2ccc([N+](=O)[O-])cc2)=NC1=Cc1ccc([N+](=O)[O-])cc1. The minimum atomic E-state index is -0.642. The minimum absolute atomic E-state index is 0.0231. The van der Waals surface area contributed by atoms with Crippen LogP contribution < -0.4 is 0 Å². The summed E-state index contributed by atoms with van der Waals surface area (Å²) in [6.07, 6.45) is 4.53. The average Bonchev–Trinajstić information content (AvgIpc) is 3.00. The molecule has 0 saturated heterocycles. The number of rotatable bonds is 5. The van der Waals surface area contributed by atoms with Gasteiger partial charge in [-0.25, -0.2) is 9.79 Å². The molecule has 0 saturated carbocycles. The first-order valence-corrected chi connectivity index (χ1v) is 7.62. The van der Waals surface area contributed by atoms with Crippen LogP contribution >= 0.6 is 0 Å². The van der Waals surface area contributed by atoms with Gasteiger partial charge in [0, 0.05) is 30.3 Å². The Morgan fingerprint density at radius 3 is 1.85 bits per heavy atom. The summed E-state index contributed by atoms with van der Waals surface area (Å²) in [5.41, 5.74) is 1.22. The lowest BCUT2D eigenvalue weighted by atomic mass is 10.2. The molecule has 9 nitrogen and oxygen atoms in total. The van der Waals surface area contributed by atoms with Gasteiger partial charge in [-0.05, 0) is 47.5 Å². The van der Waals surface area contributed by atoms with Crippen molar-refractivity contribution in [2.75, 3.05) is 0 Å². The van der Waals surface area contributed by atoms with Gasteiger partial charge < -0.3 is 4.74 Å². The molecular weight excluding hydrogens is 354 g/mol. The minimum Gasteiger partial charge on any atom is -0.403 e. The third-order valence-corrected chi connectivity index (χ3v) is 3.57. The quantitative estimate of drug-likeness (QED) is 0.345. The molecule has 2 aromatic rings. The molecule has 0 bridgehead atoms. The number of nitro benzene ring substituents is 2. The largest absolute Gasteiger partial charge is 0.403 e. The van der Waals surface area contributed by atoms with Gasteiger partial charge in [0.1, 0.15) is 0 Å². The monoisotopic (exact) mass is 365 g/mol. The number of hydrogen-bond donors (Lipinski definition) is 0. The van der Waals surface area contributed by atoms with Crippen molar-refractivity contribution in [2.24, 2.45) is 4.99 Å². The molecule has 1 aliphatic heterocycles. The Kier molecular flexibility index (Phi) is 4.84. The summed E-state index contributed by atoms with van der Waals surface area (Å²) < 4.78 is 5.03. The number of benzene rings is 2. The number of carbonyl (C=O) groups is 1. The van der Waals surface area contributed by atoms with Crippen molar-refractivity contribution < 1.29 is 19.4 Å². The van der Waals surface area contributed by atoms with Gasteiger partial charge >= 0.3 is 5.97 Å². The van der Waals surface area contributed by atoms with E-state index in [1.165, 1.54) is 48.6 Å². The maximum atomic E-state index is 11.9. The molecule has 0 aliphatic carbocycles.